The number of aliphatic imine (C=N–C) groups is 1. The molecule has 0 amide bonds. The average molecular weight is 571 g/mol. The normalized spacial score (nSPS) is 19.8. The van der Waals surface area contributed by atoms with Crippen molar-refractivity contribution in [2.24, 2.45) is 4.99 Å². The zero-order valence-corrected chi connectivity index (χ0v) is 22.2. The molecule has 1 unspecified atom stereocenters. The van der Waals surface area contributed by atoms with E-state index in [9.17, 15) is 0 Å². The van der Waals surface area contributed by atoms with Gasteiger partial charge >= 0.3 is 0 Å². The first-order valence-corrected chi connectivity index (χ1v) is 12.2. The highest BCUT2D eigenvalue weighted by Gasteiger charge is 2.35. The number of halogens is 1. The topological polar surface area (TPSA) is 76.4 Å². The number of rotatable bonds is 8. The molecule has 2 aliphatic rings. The summed E-state index contributed by atoms with van der Waals surface area (Å²) in [4.78, 5) is 11.0. The Hall–Kier alpha value is -1.33. The average Bonchev–Trinajstić information content (AvgIpc) is 3.40. The Kier molecular flexibility index (Phi) is 9.66. The van der Waals surface area contributed by atoms with Gasteiger partial charge in [0.1, 0.15) is 12.4 Å². The van der Waals surface area contributed by atoms with Crippen LogP contribution in [0.5, 0.6) is 0 Å². The van der Waals surface area contributed by atoms with E-state index in [1.165, 1.54) is 30.6 Å². The molecular weight excluding hydrogens is 535 g/mol. The highest BCUT2D eigenvalue weighted by molar-refractivity contribution is 14.0. The van der Waals surface area contributed by atoms with Crippen molar-refractivity contribution in [3.63, 3.8) is 0 Å². The number of benzene rings is 1. The number of methoxy groups -OCH3 is 1. The minimum absolute atomic E-state index is 0. The van der Waals surface area contributed by atoms with Crippen molar-refractivity contribution in [3.05, 3.63) is 42.0 Å². The van der Waals surface area contributed by atoms with Gasteiger partial charge in [-0.3, -0.25) is 4.99 Å². The fourth-order valence-corrected chi connectivity index (χ4v) is 5.87. The number of nitrogens with zero attached hydrogens (tertiary/aromatic N) is 4. The predicted molar refractivity (Wildman–Crippen MR) is 141 cm³/mol. The van der Waals surface area contributed by atoms with Crippen LogP contribution in [0.4, 0.5) is 0 Å². The van der Waals surface area contributed by atoms with Gasteiger partial charge in [-0.2, -0.15) is 5.10 Å². The van der Waals surface area contributed by atoms with Crippen LogP contribution in [0.15, 0.2) is 40.2 Å². The van der Waals surface area contributed by atoms with E-state index in [1.807, 2.05) is 16.4 Å². The largest absolute Gasteiger partial charge is 0.377 e. The quantitative estimate of drug-likeness (QED) is 0.284. The number of aryl methyl sites for hydroxylation is 1. The standard InChI is InChI=1S/C23H34N6OS.HI/c1-3-24-22(26-18-11-12-21-27-20(16-30-2)28-29(21)15-18)25-17-23(13-7-8-14-23)31-19-9-5-4-6-10-19;/h4-6,9-10,18H,3,7-8,11-17H2,1-2H3,(H2,24,25,26);1H. The fourth-order valence-electron chi connectivity index (χ4n) is 4.46. The third-order valence-corrected chi connectivity index (χ3v) is 7.46. The highest BCUT2D eigenvalue weighted by atomic mass is 127. The molecule has 4 rings (SSSR count). The van der Waals surface area contributed by atoms with Gasteiger partial charge in [0.05, 0.1) is 13.1 Å². The Morgan fingerprint density at radius 1 is 1.28 bits per heavy atom. The van der Waals surface area contributed by atoms with Crippen LogP contribution < -0.4 is 10.6 Å². The molecule has 7 nitrogen and oxygen atoms in total. The molecule has 0 spiro atoms. The van der Waals surface area contributed by atoms with E-state index in [1.54, 1.807) is 7.11 Å². The van der Waals surface area contributed by atoms with Crippen LogP contribution in [0.1, 0.15) is 50.7 Å². The Balaban J connectivity index is 0.00000289. The van der Waals surface area contributed by atoms with E-state index in [0.717, 1.165) is 50.1 Å². The monoisotopic (exact) mass is 570 g/mol. The molecule has 0 bridgehead atoms. The van der Waals surface area contributed by atoms with Gasteiger partial charge in [0.15, 0.2) is 11.8 Å². The van der Waals surface area contributed by atoms with E-state index < -0.39 is 0 Å². The molecular formula is C23H35IN6OS. The predicted octanol–water partition coefficient (Wildman–Crippen LogP) is 4.02. The Bertz CT molecular complexity index is 869. The van der Waals surface area contributed by atoms with Gasteiger partial charge in [-0.15, -0.1) is 35.7 Å². The molecule has 1 aliphatic carbocycles. The molecule has 32 heavy (non-hydrogen) atoms. The summed E-state index contributed by atoms with van der Waals surface area (Å²) < 4.78 is 7.39. The molecule has 0 saturated heterocycles. The number of fused-ring (bicyclic) bond motifs is 1. The molecule has 1 saturated carbocycles. The molecule has 2 aromatic rings. The molecule has 0 radical (unpaired) electrons. The summed E-state index contributed by atoms with van der Waals surface area (Å²) >= 11 is 2.01. The number of hydrogen-bond acceptors (Lipinski definition) is 5. The molecule has 1 aliphatic heterocycles. The van der Waals surface area contributed by atoms with E-state index in [0.29, 0.717) is 12.6 Å². The number of thioether (sulfide) groups is 1. The summed E-state index contributed by atoms with van der Waals surface area (Å²) in [6.07, 6.45) is 6.98. The molecule has 2 N–H and O–H groups in total. The van der Waals surface area contributed by atoms with Crippen molar-refractivity contribution >= 4 is 41.7 Å². The van der Waals surface area contributed by atoms with Crippen LogP contribution in [-0.4, -0.2) is 51.7 Å². The third kappa shape index (κ3) is 6.60. The minimum Gasteiger partial charge on any atom is -0.377 e. The maximum atomic E-state index is 5.18. The van der Waals surface area contributed by atoms with Crippen LogP contribution in [0.3, 0.4) is 0 Å². The molecule has 176 valence electrons. The summed E-state index contributed by atoms with van der Waals surface area (Å²) in [5, 5.41) is 11.7. The van der Waals surface area contributed by atoms with Gasteiger partial charge in [-0.1, -0.05) is 31.0 Å². The summed E-state index contributed by atoms with van der Waals surface area (Å²) in [5.74, 6) is 2.73. The zero-order chi connectivity index (χ0) is 21.5. The van der Waals surface area contributed by atoms with Gasteiger partial charge in [0.25, 0.3) is 0 Å². The highest BCUT2D eigenvalue weighted by Crippen LogP contribution is 2.45. The molecule has 1 atom stereocenters. The first-order chi connectivity index (χ1) is 15.2. The van der Waals surface area contributed by atoms with E-state index >= 15 is 0 Å². The zero-order valence-electron chi connectivity index (χ0n) is 19.0. The van der Waals surface area contributed by atoms with E-state index in [2.05, 4.69) is 58.0 Å². The van der Waals surface area contributed by atoms with Gasteiger partial charge in [-0.25, -0.2) is 9.67 Å². The lowest BCUT2D eigenvalue weighted by Crippen LogP contribution is -2.47. The van der Waals surface area contributed by atoms with Crippen molar-refractivity contribution < 1.29 is 4.74 Å². The van der Waals surface area contributed by atoms with Crippen LogP contribution in [0.2, 0.25) is 0 Å². The Morgan fingerprint density at radius 3 is 2.78 bits per heavy atom. The Morgan fingerprint density at radius 2 is 2.06 bits per heavy atom. The first kappa shape index (κ1) is 25.3. The number of aromatic nitrogens is 3. The van der Waals surface area contributed by atoms with Gasteiger partial charge in [0.2, 0.25) is 0 Å². The van der Waals surface area contributed by atoms with Gasteiger partial charge in [-0.05, 0) is 38.3 Å². The van der Waals surface area contributed by atoms with Crippen LogP contribution in [0, 0.1) is 0 Å². The van der Waals surface area contributed by atoms with Gasteiger partial charge in [0, 0.05) is 35.8 Å². The number of hydrogen-bond donors (Lipinski definition) is 2. The van der Waals surface area contributed by atoms with Crippen LogP contribution in [0.25, 0.3) is 0 Å². The lowest BCUT2D eigenvalue weighted by Gasteiger charge is -2.28. The maximum absolute atomic E-state index is 5.18. The fraction of sp³-hybridized carbons (Fsp3) is 0.609. The second-order valence-corrected chi connectivity index (χ2v) is 9.98. The number of nitrogens with one attached hydrogen (secondary N) is 2. The van der Waals surface area contributed by atoms with Crippen molar-refractivity contribution in [2.45, 2.75) is 74.3 Å². The summed E-state index contributed by atoms with van der Waals surface area (Å²) in [5.41, 5.74) is 0. The van der Waals surface area contributed by atoms with E-state index in [4.69, 9.17) is 9.73 Å². The van der Waals surface area contributed by atoms with Crippen molar-refractivity contribution in [2.75, 3.05) is 20.2 Å². The SMILES string of the molecule is CCNC(=NCC1(Sc2ccccc2)CCCC1)NC1CCc2nc(COC)nn2C1.I. The van der Waals surface area contributed by atoms with Crippen LogP contribution in [-0.2, 0) is 24.3 Å². The Labute approximate surface area is 212 Å². The second-order valence-electron chi connectivity index (χ2n) is 8.44. The summed E-state index contributed by atoms with van der Waals surface area (Å²) in [6.45, 7) is 5.07. The molecule has 2 heterocycles. The molecule has 1 fully saturated rings. The summed E-state index contributed by atoms with van der Waals surface area (Å²) in [7, 11) is 1.68. The van der Waals surface area contributed by atoms with Crippen molar-refractivity contribution in [3.8, 4) is 0 Å². The second kappa shape index (κ2) is 12.2. The third-order valence-electron chi connectivity index (χ3n) is 5.98. The molecule has 1 aromatic heterocycles. The van der Waals surface area contributed by atoms with Gasteiger partial charge < -0.3 is 15.4 Å². The number of guanidine groups is 1. The number of ether oxygens (including phenoxy) is 1. The molecule has 9 heteroatoms. The smallest absolute Gasteiger partial charge is 0.191 e. The first-order valence-electron chi connectivity index (χ1n) is 11.4. The van der Waals surface area contributed by atoms with Crippen molar-refractivity contribution in [1.29, 1.82) is 0 Å². The van der Waals surface area contributed by atoms with Crippen molar-refractivity contribution in [1.82, 2.24) is 25.4 Å². The molecule has 1 aromatic carbocycles. The minimum atomic E-state index is 0. The summed E-state index contributed by atoms with van der Waals surface area (Å²) in [6, 6.07) is 11.1. The lowest BCUT2D eigenvalue weighted by molar-refractivity contribution is 0.177. The van der Waals surface area contributed by atoms with E-state index in [-0.39, 0.29) is 28.7 Å². The van der Waals surface area contributed by atoms with Crippen LogP contribution >= 0.6 is 35.7 Å². The lowest BCUT2D eigenvalue weighted by atomic mass is 10.1. The maximum Gasteiger partial charge on any atom is 0.191 e.